The number of ether oxygens (including phenoxy) is 2. The van der Waals surface area contributed by atoms with E-state index in [2.05, 4.69) is 93.2 Å². The molecule has 1 fully saturated rings. The van der Waals surface area contributed by atoms with Crippen molar-refractivity contribution in [1.82, 2.24) is 0 Å². The van der Waals surface area contributed by atoms with Gasteiger partial charge in [0.05, 0.1) is 19.8 Å². The molecule has 2 aliphatic carbocycles. The second-order valence-electron chi connectivity index (χ2n) is 12.4. The van der Waals surface area contributed by atoms with Gasteiger partial charge in [-0.2, -0.15) is 0 Å². The SMILES string of the molecule is C=C(COC)/C(=C/CCCCOC(C)=O)[Si](OCC1=CCC2CC1CCC2(C)C)(c1ccccc1)c1ccccc1. The molecule has 1 saturated carbocycles. The Morgan fingerprint density at radius 3 is 2.32 bits per heavy atom. The van der Waals surface area contributed by atoms with E-state index in [1.807, 2.05) is 0 Å². The van der Waals surface area contributed by atoms with Crippen molar-refractivity contribution in [3.05, 3.63) is 95.7 Å². The van der Waals surface area contributed by atoms with Crippen LogP contribution in [0.3, 0.4) is 0 Å². The van der Waals surface area contributed by atoms with Crippen molar-refractivity contribution in [2.45, 2.75) is 65.7 Å². The fourth-order valence-electron chi connectivity index (χ4n) is 6.68. The standard InChI is InChI=1S/C36H48O4Si/c1-28(26-38-5)35(19-13-8-14-24-39-29(2)37)41(33-15-9-6-10-16-33,34-17-11-7-12-18-34)40-27-31-20-21-32-25-30(31)22-23-36(32,3)4/h6-7,9-12,15-20,30,32H,1,8,13-14,21-27H2,2-5H3/b35-19-. The molecule has 2 aliphatic rings. The minimum absolute atomic E-state index is 0.229. The molecule has 0 saturated heterocycles. The molecule has 0 radical (unpaired) electrons. The molecule has 220 valence electrons. The summed E-state index contributed by atoms with van der Waals surface area (Å²) in [6, 6.07) is 21.5. The number of hydrogen-bond donors (Lipinski definition) is 0. The minimum Gasteiger partial charge on any atom is -0.466 e. The summed E-state index contributed by atoms with van der Waals surface area (Å²) in [7, 11) is -1.24. The summed E-state index contributed by atoms with van der Waals surface area (Å²) >= 11 is 0. The van der Waals surface area contributed by atoms with Gasteiger partial charge < -0.3 is 13.9 Å². The third-order valence-electron chi connectivity index (χ3n) is 9.15. The summed E-state index contributed by atoms with van der Waals surface area (Å²) in [4.78, 5) is 11.2. The lowest BCUT2D eigenvalue weighted by Gasteiger charge is -2.46. The molecule has 2 atom stereocenters. The number of carbonyl (C=O) groups excluding carboxylic acids is 1. The molecule has 0 heterocycles. The van der Waals surface area contributed by atoms with Gasteiger partial charge in [-0.3, -0.25) is 4.79 Å². The topological polar surface area (TPSA) is 44.8 Å². The fourth-order valence-corrected chi connectivity index (χ4v) is 10.8. The van der Waals surface area contributed by atoms with Crippen LogP contribution < -0.4 is 10.4 Å². The summed E-state index contributed by atoms with van der Waals surface area (Å²) in [6.07, 6.45) is 12.3. The zero-order valence-corrected chi connectivity index (χ0v) is 26.5. The number of allylic oxidation sites excluding steroid dienone is 2. The Morgan fingerprint density at radius 1 is 1.05 bits per heavy atom. The van der Waals surface area contributed by atoms with Crippen LogP contribution in [0.5, 0.6) is 0 Å². The summed E-state index contributed by atoms with van der Waals surface area (Å²) in [5.74, 6) is 1.14. The molecule has 5 heteroatoms. The van der Waals surface area contributed by atoms with E-state index in [4.69, 9.17) is 13.9 Å². The molecule has 41 heavy (non-hydrogen) atoms. The van der Waals surface area contributed by atoms with Crippen LogP contribution in [0.4, 0.5) is 0 Å². The molecule has 0 spiro atoms. The molecular formula is C36H48O4Si. The van der Waals surface area contributed by atoms with Gasteiger partial charge in [0.25, 0.3) is 8.32 Å². The molecule has 0 aromatic heterocycles. The first-order chi connectivity index (χ1) is 19.8. The van der Waals surface area contributed by atoms with E-state index in [-0.39, 0.29) is 5.97 Å². The van der Waals surface area contributed by atoms with Crippen molar-refractivity contribution in [2.24, 2.45) is 17.3 Å². The van der Waals surface area contributed by atoms with Gasteiger partial charge in [0, 0.05) is 14.0 Å². The lowest BCUT2D eigenvalue weighted by atomic mass is 9.60. The maximum absolute atomic E-state index is 11.2. The third-order valence-corrected chi connectivity index (χ3v) is 13.3. The largest absolute Gasteiger partial charge is 0.466 e. The van der Waals surface area contributed by atoms with Gasteiger partial charge in [0.1, 0.15) is 0 Å². The van der Waals surface area contributed by atoms with E-state index in [1.165, 1.54) is 47.3 Å². The molecular weight excluding hydrogens is 524 g/mol. The average Bonchev–Trinajstić information content (AvgIpc) is 2.97. The molecule has 4 nitrogen and oxygen atoms in total. The number of hydrogen-bond acceptors (Lipinski definition) is 4. The number of benzene rings is 2. The van der Waals surface area contributed by atoms with Crippen LogP contribution in [0, 0.1) is 17.3 Å². The average molecular weight is 573 g/mol. The van der Waals surface area contributed by atoms with Gasteiger partial charge in [-0.25, -0.2) is 0 Å². The predicted molar refractivity (Wildman–Crippen MR) is 171 cm³/mol. The van der Waals surface area contributed by atoms with Crippen LogP contribution in [0.25, 0.3) is 0 Å². The summed E-state index contributed by atoms with van der Waals surface area (Å²) in [6.45, 7) is 12.4. The van der Waals surface area contributed by atoms with Gasteiger partial charge in [0.15, 0.2) is 0 Å². The van der Waals surface area contributed by atoms with Gasteiger partial charge >= 0.3 is 5.97 Å². The van der Waals surface area contributed by atoms with Crippen LogP contribution in [-0.4, -0.2) is 41.2 Å². The van der Waals surface area contributed by atoms with E-state index in [0.29, 0.717) is 31.2 Å². The maximum Gasteiger partial charge on any atom is 0.302 e. The van der Waals surface area contributed by atoms with Crippen molar-refractivity contribution in [3.63, 3.8) is 0 Å². The highest BCUT2D eigenvalue weighted by Gasteiger charge is 2.46. The van der Waals surface area contributed by atoms with Gasteiger partial charge in [-0.15, -0.1) is 0 Å². The highest BCUT2D eigenvalue weighted by atomic mass is 28.4. The van der Waals surface area contributed by atoms with E-state index in [1.54, 1.807) is 7.11 Å². The van der Waals surface area contributed by atoms with Crippen LogP contribution in [0.1, 0.15) is 65.7 Å². The van der Waals surface area contributed by atoms with Crippen molar-refractivity contribution in [2.75, 3.05) is 26.9 Å². The van der Waals surface area contributed by atoms with Gasteiger partial charge in [-0.05, 0) is 88.9 Å². The number of methoxy groups -OCH3 is 1. The van der Waals surface area contributed by atoms with Crippen LogP contribution in [-0.2, 0) is 18.7 Å². The lowest BCUT2D eigenvalue weighted by Crippen LogP contribution is -2.63. The second-order valence-corrected chi connectivity index (χ2v) is 15.7. The highest BCUT2D eigenvalue weighted by Crippen LogP contribution is 2.49. The first-order valence-corrected chi connectivity index (χ1v) is 17.1. The van der Waals surface area contributed by atoms with Crippen molar-refractivity contribution < 1.29 is 18.7 Å². The summed E-state index contributed by atoms with van der Waals surface area (Å²) < 4.78 is 18.3. The third kappa shape index (κ3) is 7.57. The van der Waals surface area contributed by atoms with Crippen LogP contribution in [0.15, 0.2) is 95.7 Å². The molecule has 0 N–H and O–H groups in total. The van der Waals surface area contributed by atoms with Crippen molar-refractivity contribution in [3.8, 4) is 0 Å². The van der Waals surface area contributed by atoms with Crippen LogP contribution in [0.2, 0.25) is 0 Å². The molecule has 0 amide bonds. The molecule has 2 unspecified atom stereocenters. The van der Waals surface area contributed by atoms with Crippen molar-refractivity contribution in [1.29, 1.82) is 0 Å². The molecule has 2 bridgehead atoms. The monoisotopic (exact) mass is 572 g/mol. The Kier molecular flexibility index (Phi) is 11.0. The van der Waals surface area contributed by atoms with E-state index < -0.39 is 8.32 Å². The Morgan fingerprint density at radius 2 is 1.71 bits per heavy atom. The Balaban J connectivity index is 1.74. The number of rotatable bonds is 14. The number of esters is 1. The Hall–Kier alpha value is -2.73. The van der Waals surface area contributed by atoms with Gasteiger partial charge in [0.2, 0.25) is 0 Å². The Bertz CT molecular complexity index is 1180. The number of fused-ring (bicyclic) bond motifs is 2. The van der Waals surface area contributed by atoms with Gasteiger partial charge in [-0.1, -0.05) is 93.2 Å². The first-order valence-electron chi connectivity index (χ1n) is 15.2. The summed E-state index contributed by atoms with van der Waals surface area (Å²) in [5, 5.41) is 3.60. The van der Waals surface area contributed by atoms with E-state index in [9.17, 15) is 4.79 Å². The first kappa shape index (κ1) is 31.2. The highest BCUT2D eigenvalue weighted by molar-refractivity contribution is 7.03. The predicted octanol–water partition coefficient (Wildman–Crippen LogP) is 6.94. The molecule has 0 aliphatic heterocycles. The Labute approximate surface area is 248 Å². The van der Waals surface area contributed by atoms with Crippen LogP contribution >= 0.6 is 0 Å². The van der Waals surface area contributed by atoms with E-state index >= 15 is 0 Å². The fraction of sp³-hybridized carbons (Fsp3) is 0.472. The quantitative estimate of drug-likeness (QED) is 0.0809. The lowest BCUT2D eigenvalue weighted by molar-refractivity contribution is -0.141. The van der Waals surface area contributed by atoms with Crippen molar-refractivity contribution >= 4 is 24.7 Å². The molecule has 4 rings (SSSR count). The molecule has 2 aromatic carbocycles. The number of carbonyl (C=O) groups is 1. The molecule has 2 aromatic rings. The summed E-state index contributed by atoms with van der Waals surface area (Å²) in [5.41, 5.74) is 2.86. The number of unbranched alkanes of at least 4 members (excludes halogenated alkanes) is 2. The second kappa shape index (κ2) is 14.4. The minimum atomic E-state index is -2.96. The zero-order valence-electron chi connectivity index (χ0n) is 25.5. The maximum atomic E-state index is 11.2. The normalized spacial score (nSPS) is 20.3. The zero-order chi connectivity index (χ0) is 29.3. The van der Waals surface area contributed by atoms with E-state index in [0.717, 1.165) is 37.2 Å². The smallest absolute Gasteiger partial charge is 0.302 e.